The molecule has 6 nitrogen and oxygen atoms in total. The molecule has 1 unspecified atom stereocenters. The second kappa shape index (κ2) is 6.74. The Balaban J connectivity index is 2.09. The summed E-state index contributed by atoms with van der Waals surface area (Å²) in [7, 11) is -1.72. The van der Waals surface area contributed by atoms with Crippen molar-refractivity contribution in [2.75, 3.05) is 20.1 Å². The summed E-state index contributed by atoms with van der Waals surface area (Å²) in [6.45, 7) is 1.31. The number of nitrogens with one attached hydrogen (secondary N) is 1. The van der Waals surface area contributed by atoms with E-state index in [1.165, 1.54) is 6.07 Å². The normalized spacial score (nSPS) is 20.6. The van der Waals surface area contributed by atoms with Gasteiger partial charge in [0.2, 0.25) is 10.0 Å². The minimum Gasteiger partial charge on any atom is -0.477 e. The molecule has 1 atom stereocenters. The number of hydrogen-bond donors (Lipinski definition) is 2. The van der Waals surface area contributed by atoms with Crippen LogP contribution >= 0.6 is 27.3 Å². The summed E-state index contributed by atoms with van der Waals surface area (Å²) < 4.78 is 27.5. The maximum Gasteiger partial charge on any atom is 0.345 e. The molecule has 1 aromatic rings. The number of likely N-dealkylation sites (tertiary alicyclic amines) is 1. The molecule has 1 saturated heterocycles. The van der Waals surface area contributed by atoms with Gasteiger partial charge in [0.05, 0.1) is 3.79 Å². The van der Waals surface area contributed by atoms with Crippen LogP contribution in [0.25, 0.3) is 0 Å². The number of rotatable bonds is 5. The first kappa shape index (κ1) is 16.9. The smallest absolute Gasteiger partial charge is 0.345 e. The molecule has 21 heavy (non-hydrogen) atoms. The molecule has 0 radical (unpaired) electrons. The average Bonchev–Trinajstić information content (AvgIpc) is 2.81. The molecule has 2 heterocycles. The molecule has 118 valence electrons. The van der Waals surface area contributed by atoms with Crippen molar-refractivity contribution in [2.45, 2.75) is 30.2 Å². The quantitative estimate of drug-likeness (QED) is 0.794. The van der Waals surface area contributed by atoms with Crippen LogP contribution in [0.2, 0.25) is 0 Å². The van der Waals surface area contributed by atoms with Crippen LogP contribution in [0.5, 0.6) is 0 Å². The van der Waals surface area contributed by atoms with Gasteiger partial charge in [-0.1, -0.05) is 6.42 Å². The van der Waals surface area contributed by atoms with E-state index in [1.807, 2.05) is 7.05 Å². The zero-order chi connectivity index (χ0) is 15.6. The van der Waals surface area contributed by atoms with Crippen LogP contribution < -0.4 is 4.72 Å². The summed E-state index contributed by atoms with van der Waals surface area (Å²) in [6, 6.07) is 1.37. The fourth-order valence-electron chi connectivity index (χ4n) is 2.33. The number of carboxylic acid groups (broad SMARTS) is 1. The van der Waals surface area contributed by atoms with Gasteiger partial charge in [-0.25, -0.2) is 17.9 Å². The first-order chi connectivity index (χ1) is 9.81. The summed E-state index contributed by atoms with van der Waals surface area (Å²) in [4.78, 5) is 13.0. The van der Waals surface area contributed by atoms with Crippen molar-refractivity contribution >= 4 is 43.3 Å². The van der Waals surface area contributed by atoms with E-state index in [1.54, 1.807) is 0 Å². The molecule has 0 spiro atoms. The lowest BCUT2D eigenvalue weighted by molar-refractivity contribution is 0.0702. The number of thiophene rings is 1. The molecule has 0 amide bonds. The van der Waals surface area contributed by atoms with E-state index in [4.69, 9.17) is 5.11 Å². The third kappa shape index (κ3) is 4.04. The van der Waals surface area contributed by atoms with Crippen molar-refractivity contribution in [1.29, 1.82) is 0 Å². The van der Waals surface area contributed by atoms with E-state index in [9.17, 15) is 13.2 Å². The van der Waals surface area contributed by atoms with Gasteiger partial charge in [-0.3, -0.25) is 0 Å². The van der Waals surface area contributed by atoms with E-state index in [0.29, 0.717) is 10.3 Å². The summed E-state index contributed by atoms with van der Waals surface area (Å²) in [6.07, 6.45) is 3.20. The Morgan fingerprint density at radius 1 is 1.57 bits per heavy atom. The van der Waals surface area contributed by atoms with Crippen LogP contribution in [-0.4, -0.2) is 50.6 Å². The van der Waals surface area contributed by atoms with Crippen LogP contribution in [0.4, 0.5) is 0 Å². The summed E-state index contributed by atoms with van der Waals surface area (Å²) >= 11 is 4.02. The maximum atomic E-state index is 12.3. The fraction of sp³-hybridized carbons (Fsp3) is 0.583. The predicted octanol–water partition coefficient (Wildman–Crippen LogP) is 1.97. The molecule has 1 fully saturated rings. The average molecular weight is 397 g/mol. The number of carbonyl (C=O) groups is 1. The SMILES string of the molecule is CN1CCCCC1CNS(=O)(=O)c1cc(C(=O)O)sc1Br. The topological polar surface area (TPSA) is 86.7 Å². The number of halogens is 1. The monoisotopic (exact) mass is 396 g/mol. The van der Waals surface area contributed by atoms with Gasteiger partial charge in [-0.05, 0) is 48.4 Å². The lowest BCUT2D eigenvalue weighted by atomic mass is 10.0. The minimum absolute atomic E-state index is 0.00275. The maximum absolute atomic E-state index is 12.3. The second-order valence-electron chi connectivity index (χ2n) is 5.04. The molecule has 9 heteroatoms. The van der Waals surface area contributed by atoms with Crippen LogP contribution in [0, 0.1) is 0 Å². The van der Waals surface area contributed by atoms with E-state index >= 15 is 0 Å². The van der Waals surface area contributed by atoms with E-state index in [0.717, 1.165) is 37.1 Å². The highest BCUT2D eigenvalue weighted by Crippen LogP contribution is 2.31. The van der Waals surface area contributed by atoms with Crippen molar-refractivity contribution in [1.82, 2.24) is 9.62 Å². The summed E-state index contributed by atoms with van der Waals surface area (Å²) in [5, 5.41) is 8.92. The first-order valence-corrected chi connectivity index (χ1v) is 9.63. The Kier molecular flexibility index (Phi) is 5.42. The molecular formula is C12H17BrN2O4S2. The molecule has 0 aromatic carbocycles. The number of nitrogens with zero attached hydrogens (tertiary/aromatic N) is 1. The van der Waals surface area contributed by atoms with Crippen molar-refractivity contribution in [2.24, 2.45) is 0 Å². The summed E-state index contributed by atoms with van der Waals surface area (Å²) in [5.41, 5.74) is 0. The fourth-order valence-corrected chi connectivity index (χ4v) is 5.80. The third-order valence-corrected chi connectivity index (χ3v) is 7.25. The van der Waals surface area contributed by atoms with Crippen molar-refractivity contribution in [3.05, 3.63) is 14.7 Å². The van der Waals surface area contributed by atoms with Crippen LogP contribution in [-0.2, 0) is 10.0 Å². The molecule has 1 aliphatic heterocycles. The predicted molar refractivity (Wildman–Crippen MR) is 84.4 cm³/mol. The van der Waals surface area contributed by atoms with Gasteiger partial charge in [0.25, 0.3) is 0 Å². The Hall–Kier alpha value is -0.480. The summed E-state index contributed by atoms with van der Waals surface area (Å²) in [5.74, 6) is -1.13. The highest BCUT2D eigenvalue weighted by Gasteiger charge is 2.25. The highest BCUT2D eigenvalue weighted by atomic mass is 79.9. The van der Waals surface area contributed by atoms with Crippen molar-refractivity contribution in [3.8, 4) is 0 Å². The van der Waals surface area contributed by atoms with E-state index in [-0.39, 0.29) is 15.8 Å². The largest absolute Gasteiger partial charge is 0.477 e. The van der Waals surface area contributed by atoms with Crippen LogP contribution in [0.15, 0.2) is 14.7 Å². The molecule has 2 rings (SSSR count). The second-order valence-corrected chi connectivity index (χ2v) is 9.14. The molecule has 0 bridgehead atoms. The Morgan fingerprint density at radius 2 is 2.29 bits per heavy atom. The molecule has 0 saturated carbocycles. The number of sulfonamides is 1. The van der Waals surface area contributed by atoms with Crippen LogP contribution in [0.3, 0.4) is 0 Å². The van der Waals surface area contributed by atoms with Gasteiger partial charge in [0, 0.05) is 12.6 Å². The lowest BCUT2D eigenvalue weighted by Gasteiger charge is -2.32. The Morgan fingerprint density at radius 3 is 2.86 bits per heavy atom. The molecule has 2 N–H and O–H groups in total. The van der Waals surface area contributed by atoms with Gasteiger partial charge >= 0.3 is 5.97 Å². The zero-order valence-corrected chi connectivity index (χ0v) is 14.7. The standard InChI is InChI=1S/C12H17BrN2O4S2/c1-15-5-3-2-4-8(15)7-14-21(18,19)10-6-9(12(16)17)20-11(10)13/h6,8,14H,2-5,7H2,1H3,(H,16,17). The first-order valence-electron chi connectivity index (χ1n) is 6.54. The Labute approximate surface area is 136 Å². The molecule has 0 aliphatic carbocycles. The number of piperidine rings is 1. The van der Waals surface area contributed by atoms with Crippen molar-refractivity contribution < 1.29 is 18.3 Å². The van der Waals surface area contributed by atoms with Crippen LogP contribution in [0.1, 0.15) is 28.9 Å². The van der Waals surface area contributed by atoms with Gasteiger partial charge < -0.3 is 10.0 Å². The molecule has 1 aliphatic rings. The van der Waals surface area contributed by atoms with Gasteiger partial charge in [-0.2, -0.15) is 0 Å². The van der Waals surface area contributed by atoms with E-state index < -0.39 is 16.0 Å². The van der Waals surface area contributed by atoms with Gasteiger partial charge in [0.15, 0.2) is 0 Å². The highest BCUT2D eigenvalue weighted by molar-refractivity contribution is 9.11. The van der Waals surface area contributed by atoms with Gasteiger partial charge in [-0.15, -0.1) is 11.3 Å². The number of likely N-dealkylation sites (N-methyl/N-ethyl adjacent to an activating group) is 1. The molecular weight excluding hydrogens is 380 g/mol. The minimum atomic E-state index is -3.70. The third-order valence-electron chi connectivity index (χ3n) is 3.59. The van der Waals surface area contributed by atoms with Gasteiger partial charge in [0.1, 0.15) is 9.77 Å². The van der Waals surface area contributed by atoms with Crippen molar-refractivity contribution in [3.63, 3.8) is 0 Å². The number of hydrogen-bond acceptors (Lipinski definition) is 5. The van der Waals surface area contributed by atoms with E-state index in [2.05, 4.69) is 25.6 Å². The Bertz CT molecular complexity index is 629. The number of carboxylic acids is 1. The number of aromatic carboxylic acids is 1. The zero-order valence-electron chi connectivity index (χ0n) is 11.5. The lowest BCUT2D eigenvalue weighted by Crippen LogP contribution is -2.44. The molecule has 1 aromatic heterocycles.